The highest BCUT2D eigenvalue weighted by Crippen LogP contribution is 2.39. The molecule has 1 N–H and O–H groups in total. The number of hydrogen-bond donors (Lipinski definition) is 1. The van der Waals surface area contributed by atoms with Crippen LogP contribution < -0.4 is 5.32 Å². The molecule has 3 rings (SSSR count). The van der Waals surface area contributed by atoms with Crippen molar-refractivity contribution in [1.29, 1.82) is 5.26 Å². The monoisotopic (exact) mass is 394 g/mol. The molecule has 27 heavy (non-hydrogen) atoms. The SMILES string of the molecule is C[C@](C#N)(NC(=O)CN1CCN(S(=O)(=O)c2cccc(F)c2)CC1)C1CC1. The van der Waals surface area contributed by atoms with Gasteiger partial charge in [0.25, 0.3) is 0 Å². The van der Waals surface area contributed by atoms with Crippen molar-refractivity contribution in [3.05, 3.63) is 30.1 Å². The molecule has 2 aliphatic rings. The summed E-state index contributed by atoms with van der Waals surface area (Å²) >= 11 is 0. The third-order valence-corrected chi connectivity index (χ3v) is 7.05. The van der Waals surface area contributed by atoms with Gasteiger partial charge in [0.05, 0.1) is 17.5 Å². The predicted molar refractivity (Wildman–Crippen MR) is 96.5 cm³/mol. The molecule has 1 saturated carbocycles. The number of carbonyl (C=O) groups is 1. The summed E-state index contributed by atoms with van der Waals surface area (Å²) < 4.78 is 39.8. The summed E-state index contributed by atoms with van der Waals surface area (Å²) in [6, 6.07) is 7.14. The molecule has 1 aromatic rings. The summed E-state index contributed by atoms with van der Waals surface area (Å²) in [4.78, 5) is 14.1. The molecule has 1 aliphatic heterocycles. The molecule has 0 unspecified atom stereocenters. The van der Waals surface area contributed by atoms with Gasteiger partial charge in [-0.05, 0) is 43.9 Å². The normalized spacial score (nSPS) is 21.2. The molecule has 0 radical (unpaired) electrons. The van der Waals surface area contributed by atoms with Crippen LogP contribution >= 0.6 is 0 Å². The number of amides is 1. The van der Waals surface area contributed by atoms with E-state index in [4.69, 9.17) is 0 Å². The topological polar surface area (TPSA) is 93.5 Å². The maximum absolute atomic E-state index is 13.3. The molecule has 0 bridgehead atoms. The number of carbonyl (C=O) groups excluding carboxylic acids is 1. The van der Waals surface area contributed by atoms with Crippen molar-refractivity contribution >= 4 is 15.9 Å². The van der Waals surface area contributed by atoms with Crippen LogP contribution in [0.25, 0.3) is 0 Å². The zero-order valence-electron chi connectivity index (χ0n) is 15.2. The molecule has 0 aromatic heterocycles. The molecule has 1 atom stereocenters. The van der Waals surface area contributed by atoms with Crippen LogP contribution in [-0.2, 0) is 14.8 Å². The van der Waals surface area contributed by atoms with Gasteiger partial charge in [-0.15, -0.1) is 0 Å². The molecule has 7 nitrogen and oxygen atoms in total. The van der Waals surface area contributed by atoms with Crippen LogP contribution in [-0.4, -0.2) is 61.8 Å². The van der Waals surface area contributed by atoms with Crippen molar-refractivity contribution < 1.29 is 17.6 Å². The van der Waals surface area contributed by atoms with Crippen LogP contribution in [0.5, 0.6) is 0 Å². The average molecular weight is 394 g/mol. The van der Waals surface area contributed by atoms with Crippen molar-refractivity contribution in [2.24, 2.45) is 5.92 Å². The number of sulfonamides is 1. The third-order valence-electron chi connectivity index (χ3n) is 5.16. The Labute approximate surface area is 158 Å². The van der Waals surface area contributed by atoms with Gasteiger partial charge in [0.15, 0.2) is 0 Å². The standard InChI is InChI=1S/C18H23FN4O3S/c1-18(13-20,14-5-6-14)21-17(24)12-22-7-9-23(10-8-22)27(25,26)16-4-2-3-15(19)11-16/h2-4,11,14H,5-10,12H2,1H3,(H,21,24)/t18-/m1/s1. The quantitative estimate of drug-likeness (QED) is 0.775. The van der Waals surface area contributed by atoms with Crippen LogP contribution in [0.1, 0.15) is 19.8 Å². The fourth-order valence-electron chi connectivity index (χ4n) is 3.32. The molecule has 1 amide bonds. The Morgan fingerprint density at radius 1 is 1.33 bits per heavy atom. The molecule has 2 fully saturated rings. The van der Waals surface area contributed by atoms with E-state index in [1.54, 1.807) is 6.92 Å². The lowest BCUT2D eigenvalue weighted by atomic mass is 9.98. The second kappa shape index (κ2) is 7.54. The maximum atomic E-state index is 13.3. The van der Waals surface area contributed by atoms with Crippen molar-refractivity contribution in [3.8, 4) is 6.07 Å². The van der Waals surface area contributed by atoms with E-state index in [9.17, 15) is 22.9 Å². The number of halogens is 1. The van der Waals surface area contributed by atoms with Gasteiger partial charge in [-0.25, -0.2) is 12.8 Å². The van der Waals surface area contributed by atoms with Crippen molar-refractivity contribution in [1.82, 2.24) is 14.5 Å². The second-order valence-electron chi connectivity index (χ2n) is 7.27. The number of nitrogens with one attached hydrogen (secondary N) is 1. The minimum atomic E-state index is -3.75. The lowest BCUT2D eigenvalue weighted by Crippen LogP contribution is -2.54. The molecule has 1 heterocycles. The Morgan fingerprint density at radius 2 is 2.00 bits per heavy atom. The molecule has 0 spiro atoms. The number of nitriles is 1. The summed E-state index contributed by atoms with van der Waals surface area (Å²) in [5.74, 6) is -0.616. The van der Waals surface area contributed by atoms with Crippen LogP contribution in [0.4, 0.5) is 4.39 Å². The summed E-state index contributed by atoms with van der Waals surface area (Å²) in [5, 5.41) is 12.1. The Hall–Kier alpha value is -2.02. The van der Waals surface area contributed by atoms with E-state index >= 15 is 0 Å². The number of benzene rings is 1. The number of nitrogens with zero attached hydrogens (tertiary/aromatic N) is 3. The van der Waals surface area contributed by atoms with Gasteiger partial charge in [-0.1, -0.05) is 6.07 Å². The van der Waals surface area contributed by atoms with E-state index < -0.39 is 21.4 Å². The van der Waals surface area contributed by atoms with Gasteiger partial charge in [0, 0.05) is 26.2 Å². The lowest BCUT2D eigenvalue weighted by molar-refractivity contribution is -0.123. The zero-order chi connectivity index (χ0) is 19.7. The minimum absolute atomic E-state index is 0.0667. The number of rotatable bonds is 6. The highest BCUT2D eigenvalue weighted by atomic mass is 32.2. The van der Waals surface area contributed by atoms with Gasteiger partial charge in [-0.2, -0.15) is 9.57 Å². The Morgan fingerprint density at radius 3 is 2.56 bits per heavy atom. The zero-order valence-corrected chi connectivity index (χ0v) is 16.0. The third kappa shape index (κ3) is 4.46. The largest absolute Gasteiger partial charge is 0.337 e. The number of piperazine rings is 1. The van der Waals surface area contributed by atoms with Gasteiger partial charge in [0.1, 0.15) is 11.4 Å². The van der Waals surface area contributed by atoms with Crippen molar-refractivity contribution in [2.45, 2.75) is 30.2 Å². The Kier molecular flexibility index (Phi) is 5.51. The van der Waals surface area contributed by atoms with E-state index in [2.05, 4.69) is 11.4 Å². The summed E-state index contributed by atoms with van der Waals surface area (Å²) in [7, 11) is -3.75. The highest BCUT2D eigenvalue weighted by molar-refractivity contribution is 7.89. The minimum Gasteiger partial charge on any atom is -0.337 e. The van der Waals surface area contributed by atoms with Gasteiger partial charge < -0.3 is 5.32 Å². The van der Waals surface area contributed by atoms with E-state index in [1.807, 2.05) is 4.90 Å². The summed E-state index contributed by atoms with van der Waals surface area (Å²) in [6.07, 6.45) is 1.89. The van der Waals surface area contributed by atoms with Crippen molar-refractivity contribution in [2.75, 3.05) is 32.7 Å². The fourth-order valence-corrected chi connectivity index (χ4v) is 4.77. The highest BCUT2D eigenvalue weighted by Gasteiger charge is 2.43. The fraction of sp³-hybridized carbons (Fsp3) is 0.556. The van der Waals surface area contributed by atoms with Crippen LogP contribution in [0, 0.1) is 23.1 Å². The van der Waals surface area contributed by atoms with E-state index in [0.29, 0.717) is 13.1 Å². The first-order valence-electron chi connectivity index (χ1n) is 8.95. The molecule has 1 aromatic carbocycles. The Balaban J connectivity index is 1.54. The Bertz CT molecular complexity index is 858. The van der Waals surface area contributed by atoms with Gasteiger partial charge in [0.2, 0.25) is 15.9 Å². The molecular weight excluding hydrogens is 371 g/mol. The first-order valence-corrected chi connectivity index (χ1v) is 10.4. The van der Waals surface area contributed by atoms with Gasteiger partial charge in [-0.3, -0.25) is 9.69 Å². The summed E-state index contributed by atoms with van der Waals surface area (Å²) in [5.41, 5.74) is -0.834. The molecular formula is C18H23FN4O3S. The first-order chi connectivity index (χ1) is 12.7. The lowest BCUT2D eigenvalue weighted by Gasteiger charge is -2.34. The summed E-state index contributed by atoms with van der Waals surface area (Å²) in [6.45, 7) is 3.11. The van der Waals surface area contributed by atoms with Crippen LogP contribution in [0.3, 0.4) is 0 Å². The van der Waals surface area contributed by atoms with E-state index in [0.717, 1.165) is 18.9 Å². The second-order valence-corrected chi connectivity index (χ2v) is 9.21. The molecule has 9 heteroatoms. The van der Waals surface area contributed by atoms with E-state index in [1.165, 1.54) is 22.5 Å². The van der Waals surface area contributed by atoms with Gasteiger partial charge >= 0.3 is 0 Å². The maximum Gasteiger partial charge on any atom is 0.243 e. The van der Waals surface area contributed by atoms with Crippen LogP contribution in [0.15, 0.2) is 29.2 Å². The molecule has 146 valence electrons. The first kappa shape index (κ1) is 19.7. The van der Waals surface area contributed by atoms with Crippen LogP contribution in [0.2, 0.25) is 0 Å². The number of hydrogen-bond acceptors (Lipinski definition) is 5. The van der Waals surface area contributed by atoms with E-state index in [-0.39, 0.29) is 36.4 Å². The smallest absolute Gasteiger partial charge is 0.243 e. The average Bonchev–Trinajstić information content (AvgIpc) is 3.47. The molecule has 1 saturated heterocycles. The molecule has 1 aliphatic carbocycles. The van der Waals surface area contributed by atoms with Crippen molar-refractivity contribution in [3.63, 3.8) is 0 Å². The predicted octanol–water partition coefficient (Wildman–Crippen LogP) is 0.940.